The SMILES string of the molecule is CCNC(=NCCCNS(C)(=O)=O)N1CCC(N2CCOCC2)C1.I. The lowest BCUT2D eigenvalue weighted by atomic mass is 10.2. The summed E-state index contributed by atoms with van der Waals surface area (Å²) in [7, 11) is -3.11. The second kappa shape index (κ2) is 11.5. The molecule has 0 aliphatic carbocycles. The van der Waals surface area contributed by atoms with Crippen molar-refractivity contribution in [1.29, 1.82) is 0 Å². The van der Waals surface area contributed by atoms with Crippen LogP contribution >= 0.6 is 24.0 Å². The van der Waals surface area contributed by atoms with Crippen LogP contribution < -0.4 is 10.0 Å². The molecule has 25 heavy (non-hydrogen) atoms. The highest BCUT2D eigenvalue weighted by Crippen LogP contribution is 2.17. The summed E-state index contributed by atoms with van der Waals surface area (Å²) in [5.41, 5.74) is 0. The minimum Gasteiger partial charge on any atom is -0.379 e. The molecular formula is C15H32IN5O3S. The first-order valence-electron chi connectivity index (χ1n) is 8.79. The predicted octanol–water partition coefficient (Wildman–Crippen LogP) is -0.0843. The maximum absolute atomic E-state index is 11.0. The molecule has 2 saturated heterocycles. The molecule has 8 nitrogen and oxygen atoms in total. The minimum atomic E-state index is -3.11. The van der Waals surface area contributed by atoms with Crippen molar-refractivity contribution in [3.8, 4) is 0 Å². The van der Waals surface area contributed by atoms with Gasteiger partial charge in [-0.2, -0.15) is 0 Å². The van der Waals surface area contributed by atoms with Gasteiger partial charge in [0.25, 0.3) is 0 Å². The average molecular weight is 489 g/mol. The van der Waals surface area contributed by atoms with Crippen molar-refractivity contribution < 1.29 is 13.2 Å². The molecule has 0 aromatic rings. The first-order valence-corrected chi connectivity index (χ1v) is 10.7. The van der Waals surface area contributed by atoms with Gasteiger partial charge in [0, 0.05) is 51.9 Å². The molecule has 2 N–H and O–H groups in total. The summed E-state index contributed by atoms with van der Waals surface area (Å²) in [4.78, 5) is 9.48. The number of hydrogen-bond donors (Lipinski definition) is 2. The van der Waals surface area contributed by atoms with Crippen molar-refractivity contribution in [3.05, 3.63) is 0 Å². The Morgan fingerprint density at radius 1 is 1.28 bits per heavy atom. The fourth-order valence-corrected chi connectivity index (χ4v) is 3.64. The van der Waals surface area contributed by atoms with Crippen LogP contribution in [-0.2, 0) is 14.8 Å². The number of morpholine rings is 1. The van der Waals surface area contributed by atoms with Crippen LogP contribution in [0.2, 0.25) is 0 Å². The quantitative estimate of drug-likeness (QED) is 0.225. The first kappa shape index (κ1) is 22.9. The third kappa shape index (κ3) is 8.37. The molecular weight excluding hydrogens is 457 g/mol. The monoisotopic (exact) mass is 489 g/mol. The maximum Gasteiger partial charge on any atom is 0.208 e. The van der Waals surface area contributed by atoms with Crippen molar-refractivity contribution in [2.45, 2.75) is 25.8 Å². The third-order valence-corrected chi connectivity index (χ3v) is 5.05. The van der Waals surface area contributed by atoms with Gasteiger partial charge in [-0.3, -0.25) is 9.89 Å². The van der Waals surface area contributed by atoms with Crippen molar-refractivity contribution in [2.75, 3.05) is 65.3 Å². The minimum absolute atomic E-state index is 0. The molecule has 1 unspecified atom stereocenters. The summed E-state index contributed by atoms with van der Waals surface area (Å²) in [6.07, 6.45) is 3.03. The first-order chi connectivity index (χ1) is 11.5. The van der Waals surface area contributed by atoms with E-state index in [1.54, 1.807) is 0 Å². The van der Waals surface area contributed by atoms with E-state index in [0.29, 0.717) is 25.6 Å². The van der Waals surface area contributed by atoms with Crippen LogP contribution in [0, 0.1) is 0 Å². The van der Waals surface area contributed by atoms with Crippen molar-refractivity contribution >= 4 is 40.0 Å². The van der Waals surface area contributed by atoms with Gasteiger partial charge >= 0.3 is 0 Å². The molecule has 2 fully saturated rings. The largest absolute Gasteiger partial charge is 0.379 e. The van der Waals surface area contributed by atoms with Gasteiger partial charge in [0.15, 0.2) is 5.96 Å². The number of rotatable bonds is 7. The number of sulfonamides is 1. The number of ether oxygens (including phenoxy) is 1. The zero-order valence-corrected chi connectivity index (χ0v) is 18.4. The molecule has 0 radical (unpaired) electrons. The molecule has 0 amide bonds. The Balaban J connectivity index is 0.00000312. The average Bonchev–Trinajstić information content (AvgIpc) is 3.03. The lowest BCUT2D eigenvalue weighted by molar-refractivity contribution is 0.0195. The Bertz CT molecular complexity index is 511. The molecule has 10 heteroatoms. The summed E-state index contributed by atoms with van der Waals surface area (Å²) in [5, 5.41) is 3.35. The van der Waals surface area contributed by atoms with Gasteiger partial charge in [0.05, 0.1) is 19.5 Å². The Morgan fingerprint density at radius 2 is 2.00 bits per heavy atom. The molecule has 0 bridgehead atoms. The number of guanidine groups is 1. The topological polar surface area (TPSA) is 86.3 Å². The lowest BCUT2D eigenvalue weighted by Gasteiger charge is -2.32. The van der Waals surface area contributed by atoms with Crippen molar-refractivity contribution in [3.63, 3.8) is 0 Å². The highest BCUT2D eigenvalue weighted by molar-refractivity contribution is 14.0. The fourth-order valence-electron chi connectivity index (χ4n) is 3.12. The molecule has 0 spiro atoms. The van der Waals surface area contributed by atoms with E-state index < -0.39 is 10.0 Å². The summed E-state index contributed by atoms with van der Waals surface area (Å²) in [5.74, 6) is 0.938. The van der Waals surface area contributed by atoms with E-state index in [9.17, 15) is 8.42 Å². The van der Waals surface area contributed by atoms with E-state index in [0.717, 1.165) is 58.3 Å². The van der Waals surface area contributed by atoms with Crippen LogP contribution in [0.3, 0.4) is 0 Å². The van der Waals surface area contributed by atoms with Crippen LogP contribution in [0.25, 0.3) is 0 Å². The zero-order chi connectivity index (χ0) is 17.4. The van der Waals surface area contributed by atoms with Gasteiger partial charge in [-0.1, -0.05) is 0 Å². The van der Waals surface area contributed by atoms with Gasteiger partial charge in [-0.25, -0.2) is 13.1 Å². The van der Waals surface area contributed by atoms with E-state index in [2.05, 4.69) is 31.8 Å². The van der Waals surface area contributed by atoms with Gasteiger partial charge in [0.1, 0.15) is 0 Å². The van der Waals surface area contributed by atoms with E-state index in [1.807, 2.05) is 0 Å². The fraction of sp³-hybridized carbons (Fsp3) is 0.933. The van der Waals surface area contributed by atoms with E-state index in [-0.39, 0.29) is 24.0 Å². The zero-order valence-electron chi connectivity index (χ0n) is 15.2. The highest BCUT2D eigenvalue weighted by atomic mass is 127. The Kier molecular flexibility index (Phi) is 10.5. The number of nitrogens with one attached hydrogen (secondary N) is 2. The van der Waals surface area contributed by atoms with Crippen LogP contribution in [0.1, 0.15) is 19.8 Å². The molecule has 0 aromatic carbocycles. The molecule has 1 atom stereocenters. The van der Waals surface area contributed by atoms with E-state index >= 15 is 0 Å². The number of hydrogen-bond acceptors (Lipinski definition) is 5. The van der Waals surface area contributed by atoms with Gasteiger partial charge in [-0.05, 0) is 19.8 Å². The third-order valence-electron chi connectivity index (χ3n) is 4.32. The van der Waals surface area contributed by atoms with E-state index in [1.165, 1.54) is 6.26 Å². The van der Waals surface area contributed by atoms with Crippen LogP contribution in [0.4, 0.5) is 0 Å². The molecule has 148 valence electrons. The Morgan fingerprint density at radius 3 is 2.64 bits per heavy atom. The summed E-state index contributed by atoms with van der Waals surface area (Å²) < 4.78 is 30.0. The van der Waals surface area contributed by atoms with Crippen LogP contribution in [0.5, 0.6) is 0 Å². The van der Waals surface area contributed by atoms with Crippen LogP contribution in [-0.4, -0.2) is 95.5 Å². The van der Waals surface area contributed by atoms with Crippen molar-refractivity contribution in [2.24, 2.45) is 4.99 Å². The van der Waals surface area contributed by atoms with Crippen LogP contribution in [0.15, 0.2) is 4.99 Å². The Hall–Kier alpha value is -0.170. The van der Waals surface area contributed by atoms with Gasteiger partial charge < -0.3 is 15.0 Å². The molecule has 0 aromatic heterocycles. The Labute approximate surface area is 168 Å². The van der Waals surface area contributed by atoms with Crippen molar-refractivity contribution in [1.82, 2.24) is 19.8 Å². The second-order valence-corrected chi connectivity index (χ2v) is 8.13. The normalized spacial score (nSPS) is 22.7. The molecule has 2 heterocycles. The molecule has 2 rings (SSSR count). The standard InChI is InChI=1S/C15H31N5O3S.HI/c1-3-16-15(17-6-4-7-18-24(2,21)22)20-8-5-14(13-20)19-9-11-23-12-10-19;/h14,18H,3-13H2,1-2H3,(H,16,17);1H. The van der Waals surface area contributed by atoms with Gasteiger partial charge in [-0.15, -0.1) is 24.0 Å². The number of halogens is 1. The predicted molar refractivity (Wildman–Crippen MR) is 111 cm³/mol. The van der Waals surface area contributed by atoms with E-state index in [4.69, 9.17) is 4.74 Å². The highest BCUT2D eigenvalue weighted by Gasteiger charge is 2.30. The summed E-state index contributed by atoms with van der Waals surface area (Å²) in [6, 6.07) is 0.574. The lowest BCUT2D eigenvalue weighted by Crippen LogP contribution is -2.46. The summed E-state index contributed by atoms with van der Waals surface area (Å²) in [6.45, 7) is 9.64. The summed E-state index contributed by atoms with van der Waals surface area (Å²) >= 11 is 0. The second-order valence-electron chi connectivity index (χ2n) is 6.29. The number of likely N-dealkylation sites (tertiary alicyclic amines) is 1. The molecule has 0 saturated carbocycles. The maximum atomic E-state index is 11.0. The molecule has 2 aliphatic rings. The smallest absolute Gasteiger partial charge is 0.208 e. The molecule has 2 aliphatic heterocycles. The number of nitrogens with zero attached hydrogens (tertiary/aromatic N) is 3. The number of aliphatic imine (C=N–C) groups is 1. The van der Waals surface area contributed by atoms with Gasteiger partial charge in [0.2, 0.25) is 10.0 Å².